The van der Waals surface area contributed by atoms with E-state index in [1.54, 1.807) is 0 Å². The van der Waals surface area contributed by atoms with E-state index in [2.05, 4.69) is 0 Å². The summed E-state index contributed by atoms with van der Waals surface area (Å²) in [5, 5.41) is 16.6. The Balaban J connectivity index is 4.67. The second-order valence-electron chi connectivity index (χ2n) is 1.86. The lowest BCUT2D eigenvalue weighted by atomic mass is 9.80. The van der Waals surface area contributed by atoms with Crippen LogP contribution < -0.4 is 0 Å². The molecule has 52 valence electrons. The number of carboxylic acids is 2. The van der Waals surface area contributed by atoms with Crippen LogP contribution in [-0.4, -0.2) is 37.8 Å². The molecule has 0 heterocycles. The highest BCUT2D eigenvalue weighted by Crippen LogP contribution is 1.95. The van der Waals surface area contributed by atoms with Gasteiger partial charge in [-0.3, -0.25) is 0 Å². The molecule has 0 amide bonds. The predicted octanol–water partition coefficient (Wildman–Crippen LogP) is -2.37. The topological polar surface area (TPSA) is 74.6 Å². The SMILES string of the molecule is B/C(C(=O)O)=C(/B)C(=O)O. The molecule has 0 atom stereocenters. The molecule has 0 unspecified atom stereocenters. The number of carboxylic acid groups (broad SMARTS) is 2. The molecule has 0 aliphatic heterocycles. The Morgan fingerprint density at radius 3 is 1.20 bits per heavy atom. The molecule has 0 bridgehead atoms. The third-order valence-electron chi connectivity index (χ3n) is 1.20. The standard InChI is InChI=1S/C4H6B2O4/c5-1(3(7)8)2(6)4(9)10/h5-6H2,(H,7,8)(H,9,10)/b2-1+. The number of hydrogen-bond donors (Lipinski definition) is 2. The Bertz CT molecular complexity index is 185. The first kappa shape index (κ1) is 8.81. The minimum atomic E-state index is -1.19. The van der Waals surface area contributed by atoms with E-state index in [9.17, 15) is 9.59 Å². The fraction of sp³-hybridized carbons (Fsp3) is 0. The zero-order valence-corrected chi connectivity index (χ0v) is 5.71. The van der Waals surface area contributed by atoms with Gasteiger partial charge in [0.25, 0.3) is 0 Å². The summed E-state index contributed by atoms with van der Waals surface area (Å²) in [4.78, 5) is 20.2. The maximum absolute atomic E-state index is 10.1. The molecule has 0 aromatic rings. The Labute approximate surface area is 59.4 Å². The zero-order chi connectivity index (χ0) is 8.31. The molecule has 0 radical (unpaired) electrons. The van der Waals surface area contributed by atoms with Crippen molar-refractivity contribution < 1.29 is 19.8 Å². The molecule has 0 fully saturated rings. The summed E-state index contributed by atoms with van der Waals surface area (Å²) >= 11 is 0. The van der Waals surface area contributed by atoms with Crippen molar-refractivity contribution in [1.82, 2.24) is 0 Å². The number of rotatable bonds is 2. The number of carbonyl (C=O) groups is 2. The van der Waals surface area contributed by atoms with Gasteiger partial charge in [-0.25, -0.2) is 9.59 Å². The van der Waals surface area contributed by atoms with Gasteiger partial charge < -0.3 is 10.2 Å². The molecular formula is C4H6B2O4. The molecule has 10 heavy (non-hydrogen) atoms. The van der Waals surface area contributed by atoms with Crippen molar-refractivity contribution in [2.75, 3.05) is 0 Å². The van der Waals surface area contributed by atoms with Crippen LogP contribution in [0.15, 0.2) is 10.9 Å². The Hall–Kier alpha value is -1.19. The molecule has 0 aliphatic rings. The van der Waals surface area contributed by atoms with Gasteiger partial charge in [0.15, 0.2) is 0 Å². The molecule has 0 aromatic heterocycles. The predicted molar refractivity (Wildman–Crippen MR) is 39.4 cm³/mol. The largest absolute Gasteiger partial charge is 0.478 e. The van der Waals surface area contributed by atoms with E-state index >= 15 is 0 Å². The van der Waals surface area contributed by atoms with Crippen molar-refractivity contribution in [2.24, 2.45) is 0 Å². The lowest BCUT2D eigenvalue weighted by Gasteiger charge is -1.95. The van der Waals surface area contributed by atoms with E-state index in [-0.39, 0.29) is 10.9 Å². The van der Waals surface area contributed by atoms with Crippen molar-refractivity contribution in [1.29, 1.82) is 0 Å². The molecular weight excluding hydrogens is 134 g/mol. The summed E-state index contributed by atoms with van der Waals surface area (Å²) < 4.78 is 0. The molecule has 0 aromatic carbocycles. The van der Waals surface area contributed by atoms with E-state index in [1.165, 1.54) is 15.7 Å². The van der Waals surface area contributed by atoms with Crippen molar-refractivity contribution in [2.45, 2.75) is 0 Å². The Kier molecular flexibility index (Phi) is 2.73. The van der Waals surface area contributed by atoms with Crippen LogP contribution in [0.1, 0.15) is 0 Å². The molecule has 4 nitrogen and oxygen atoms in total. The maximum Gasteiger partial charge on any atom is 0.321 e. The van der Waals surface area contributed by atoms with Crippen molar-refractivity contribution in [3.05, 3.63) is 10.9 Å². The highest BCUT2D eigenvalue weighted by atomic mass is 16.4. The second-order valence-corrected chi connectivity index (χ2v) is 1.86. The lowest BCUT2D eigenvalue weighted by Crippen LogP contribution is -2.11. The van der Waals surface area contributed by atoms with Gasteiger partial charge in [0.2, 0.25) is 0 Å². The van der Waals surface area contributed by atoms with E-state index < -0.39 is 11.9 Å². The van der Waals surface area contributed by atoms with Crippen LogP contribution in [0, 0.1) is 0 Å². The maximum atomic E-state index is 10.1. The summed E-state index contributed by atoms with van der Waals surface area (Å²) in [7, 11) is 2.51. The van der Waals surface area contributed by atoms with Crippen molar-refractivity contribution in [3.8, 4) is 0 Å². The summed E-state index contributed by atoms with van der Waals surface area (Å²) in [6.07, 6.45) is 0. The smallest absolute Gasteiger partial charge is 0.321 e. The fourth-order valence-electron chi connectivity index (χ4n) is 0.321. The summed E-state index contributed by atoms with van der Waals surface area (Å²) in [6, 6.07) is 0. The van der Waals surface area contributed by atoms with Crippen LogP contribution in [0.5, 0.6) is 0 Å². The number of aliphatic carboxylic acids is 2. The minimum absolute atomic E-state index is 0.132. The van der Waals surface area contributed by atoms with Gasteiger partial charge in [0, 0.05) is 0 Å². The normalized spacial score (nSPS) is 12.0. The lowest BCUT2D eigenvalue weighted by molar-refractivity contribution is -0.134. The van der Waals surface area contributed by atoms with E-state index in [0.717, 1.165) is 0 Å². The van der Waals surface area contributed by atoms with E-state index in [4.69, 9.17) is 10.2 Å². The summed E-state index contributed by atoms with van der Waals surface area (Å²) in [6.45, 7) is 0. The van der Waals surface area contributed by atoms with Gasteiger partial charge in [-0.1, -0.05) is 0 Å². The van der Waals surface area contributed by atoms with Crippen LogP contribution in [0.25, 0.3) is 0 Å². The number of hydrogen-bond acceptors (Lipinski definition) is 2. The zero-order valence-electron chi connectivity index (χ0n) is 5.71. The first-order valence-corrected chi connectivity index (χ1v) is 2.61. The van der Waals surface area contributed by atoms with Gasteiger partial charge in [-0.15, -0.1) is 0 Å². The molecule has 0 aliphatic carbocycles. The first-order chi connectivity index (χ1) is 4.46. The minimum Gasteiger partial charge on any atom is -0.478 e. The van der Waals surface area contributed by atoms with Gasteiger partial charge in [-0.05, 0) is 10.9 Å². The van der Waals surface area contributed by atoms with E-state index in [1.807, 2.05) is 0 Å². The molecule has 0 rings (SSSR count). The molecule has 0 spiro atoms. The quantitative estimate of drug-likeness (QED) is 0.332. The van der Waals surface area contributed by atoms with Crippen molar-refractivity contribution >= 4 is 27.6 Å². The second kappa shape index (κ2) is 3.10. The average Bonchev–Trinajstić information content (AvgIpc) is 1.84. The summed E-state index contributed by atoms with van der Waals surface area (Å²) in [5.74, 6) is -2.39. The van der Waals surface area contributed by atoms with Crippen LogP contribution in [0.2, 0.25) is 0 Å². The van der Waals surface area contributed by atoms with Gasteiger partial charge in [-0.2, -0.15) is 0 Å². The van der Waals surface area contributed by atoms with Crippen LogP contribution >= 0.6 is 0 Å². The van der Waals surface area contributed by atoms with E-state index in [0.29, 0.717) is 0 Å². The third-order valence-corrected chi connectivity index (χ3v) is 1.20. The Morgan fingerprint density at radius 2 is 1.10 bits per heavy atom. The third kappa shape index (κ3) is 1.97. The van der Waals surface area contributed by atoms with Crippen molar-refractivity contribution in [3.63, 3.8) is 0 Å². The van der Waals surface area contributed by atoms with Gasteiger partial charge >= 0.3 is 11.9 Å². The van der Waals surface area contributed by atoms with Crippen LogP contribution in [0.3, 0.4) is 0 Å². The molecule has 6 heteroatoms. The summed E-state index contributed by atoms with van der Waals surface area (Å²) in [5.41, 5.74) is -0.264. The van der Waals surface area contributed by atoms with Gasteiger partial charge in [0.1, 0.15) is 15.7 Å². The monoisotopic (exact) mass is 140 g/mol. The van der Waals surface area contributed by atoms with Crippen LogP contribution in [-0.2, 0) is 9.59 Å². The highest BCUT2D eigenvalue weighted by molar-refractivity contribution is 6.47. The fourth-order valence-corrected chi connectivity index (χ4v) is 0.321. The average molecular weight is 140 g/mol. The van der Waals surface area contributed by atoms with Gasteiger partial charge in [0.05, 0.1) is 0 Å². The molecule has 2 N–H and O–H groups in total. The molecule has 0 saturated carbocycles. The van der Waals surface area contributed by atoms with Crippen LogP contribution in [0.4, 0.5) is 0 Å². The first-order valence-electron chi connectivity index (χ1n) is 2.61. The molecule has 0 saturated heterocycles. The highest BCUT2D eigenvalue weighted by Gasteiger charge is 2.09. The Morgan fingerprint density at radius 1 is 0.900 bits per heavy atom.